The van der Waals surface area contributed by atoms with E-state index in [1.165, 1.54) is 18.3 Å². The standard InChI is InChI=1S/C37H49ClN6O9S/c1-2-24-21-37(24,43-32(45)29-20-27(23-41-29)52-31-17-16-25(38)22-42-31)33(46)44-54(50,51)30-15-9-8-14-28(30)40-19-11-5-3-4-10-18-36(39,34(47)48)35(49)53-26-12-6-7-13-26/h2,8-9,14-17,22,24,26-27,29,40-41H,1,3-7,10-13,18-21,23,39H2,(H,43,45)(H,44,46)(H,47,48)/t24-,27-,29+,36?,37-/m1/s1. The molecule has 17 heteroatoms. The Bertz CT molecular complexity index is 1790. The van der Waals surface area contributed by atoms with Crippen molar-refractivity contribution in [3.05, 3.63) is 60.3 Å². The van der Waals surface area contributed by atoms with Crippen molar-refractivity contribution < 1.29 is 42.2 Å². The fraction of sp³-hybridized carbons (Fsp3) is 0.541. The Morgan fingerprint density at radius 3 is 2.48 bits per heavy atom. The fourth-order valence-electron chi connectivity index (χ4n) is 6.89. The zero-order valence-corrected chi connectivity index (χ0v) is 31.6. The number of anilines is 1. The van der Waals surface area contributed by atoms with Gasteiger partial charge in [0.05, 0.1) is 16.8 Å². The normalized spacial score (nSPS) is 23.5. The van der Waals surface area contributed by atoms with E-state index in [1.54, 1.807) is 30.3 Å². The van der Waals surface area contributed by atoms with E-state index >= 15 is 0 Å². The number of carbonyl (C=O) groups is 4. The van der Waals surface area contributed by atoms with E-state index in [-0.39, 0.29) is 29.9 Å². The van der Waals surface area contributed by atoms with Crippen molar-refractivity contribution in [2.75, 3.05) is 18.4 Å². The molecule has 7 N–H and O–H groups in total. The van der Waals surface area contributed by atoms with E-state index in [0.29, 0.717) is 55.4 Å². The summed E-state index contributed by atoms with van der Waals surface area (Å²) in [5.41, 5.74) is 2.75. The van der Waals surface area contributed by atoms with Gasteiger partial charge in [0.1, 0.15) is 22.6 Å². The molecule has 54 heavy (non-hydrogen) atoms. The Hall–Kier alpha value is -4.25. The number of esters is 1. The summed E-state index contributed by atoms with van der Waals surface area (Å²) >= 11 is 5.89. The van der Waals surface area contributed by atoms with E-state index in [2.05, 4.69) is 32.2 Å². The molecule has 1 unspecified atom stereocenters. The number of aromatic nitrogens is 1. The Morgan fingerprint density at radius 1 is 1.07 bits per heavy atom. The molecule has 3 fully saturated rings. The highest BCUT2D eigenvalue weighted by Gasteiger charge is 2.61. The lowest BCUT2D eigenvalue weighted by molar-refractivity contribution is -0.165. The Labute approximate surface area is 320 Å². The minimum atomic E-state index is -4.35. The first-order valence-electron chi connectivity index (χ1n) is 18.4. The van der Waals surface area contributed by atoms with Crippen molar-refractivity contribution in [3.63, 3.8) is 0 Å². The number of amides is 2. The Morgan fingerprint density at radius 2 is 1.80 bits per heavy atom. The van der Waals surface area contributed by atoms with Gasteiger partial charge in [0, 0.05) is 37.7 Å². The van der Waals surface area contributed by atoms with E-state index in [1.807, 2.05) is 0 Å². The van der Waals surface area contributed by atoms with Crippen LogP contribution in [0.3, 0.4) is 0 Å². The highest BCUT2D eigenvalue weighted by atomic mass is 35.5. The van der Waals surface area contributed by atoms with Gasteiger partial charge in [-0.15, -0.1) is 6.58 Å². The van der Waals surface area contributed by atoms with Gasteiger partial charge in [-0.05, 0) is 63.1 Å². The van der Waals surface area contributed by atoms with Gasteiger partial charge in [-0.1, -0.05) is 55.5 Å². The Balaban J connectivity index is 1.07. The lowest BCUT2D eigenvalue weighted by Crippen LogP contribution is -2.56. The summed E-state index contributed by atoms with van der Waals surface area (Å²) in [4.78, 5) is 55.3. The molecule has 2 aromatic rings. The van der Waals surface area contributed by atoms with Crippen LogP contribution in [0.4, 0.5) is 5.69 Å². The van der Waals surface area contributed by atoms with Crippen LogP contribution >= 0.6 is 11.6 Å². The second kappa shape index (κ2) is 17.9. The molecule has 5 rings (SSSR count). The number of aliphatic carboxylic acids is 1. The average Bonchev–Trinajstić information content (AvgIpc) is 3.41. The van der Waals surface area contributed by atoms with Crippen molar-refractivity contribution in [1.29, 1.82) is 0 Å². The number of hydrogen-bond donors (Lipinski definition) is 6. The molecule has 1 aromatic carbocycles. The third-order valence-corrected chi connectivity index (χ3v) is 11.8. The number of pyridine rings is 1. The molecule has 1 aliphatic heterocycles. The first-order valence-corrected chi connectivity index (χ1v) is 20.2. The number of hydrogen-bond acceptors (Lipinski definition) is 12. The molecular weight excluding hydrogens is 740 g/mol. The highest BCUT2D eigenvalue weighted by molar-refractivity contribution is 7.90. The molecule has 2 aliphatic carbocycles. The lowest BCUT2D eigenvalue weighted by atomic mass is 9.93. The number of benzene rings is 1. The Kier molecular flexibility index (Phi) is 13.6. The number of nitrogens with zero attached hydrogens (tertiary/aromatic N) is 1. The van der Waals surface area contributed by atoms with Crippen LogP contribution < -0.4 is 31.1 Å². The first-order chi connectivity index (χ1) is 25.8. The molecule has 1 aromatic heterocycles. The highest BCUT2D eigenvalue weighted by Crippen LogP contribution is 2.45. The summed E-state index contributed by atoms with van der Waals surface area (Å²) in [6.45, 7) is 4.55. The molecule has 3 aliphatic rings. The molecule has 5 atom stereocenters. The summed E-state index contributed by atoms with van der Waals surface area (Å²) in [7, 11) is -4.35. The summed E-state index contributed by atoms with van der Waals surface area (Å²) in [5.74, 6) is -3.71. The minimum absolute atomic E-state index is 0.0302. The SMILES string of the molecule is C=C[C@@H]1C[C@]1(NC(=O)[C@@H]1C[C@@H](Oc2ccc(Cl)cn2)CN1)C(=O)NS(=O)(=O)c1ccccc1NCCCCCCCC(N)(C(=O)O)C(=O)OC1CCCC1. The molecule has 0 radical (unpaired) electrons. The molecule has 0 bridgehead atoms. The van der Waals surface area contributed by atoms with Crippen LogP contribution in [-0.2, 0) is 33.9 Å². The monoisotopic (exact) mass is 788 g/mol. The van der Waals surface area contributed by atoms with Crippen LogP contribution in [0.15, 0.2) is 60.1 Å². The fourth-order valence-corrected chi connectivity index (χ4v) is 8.23. The summed E-state index contributed by atoms with van der Waals surface area (Å²) in [6.07, 6.45) is 9.39. The zero-order valence-electron chi connectivity index (χ0n) is 30.1. The van der Waals surface area contributed by atoms with Gasteiger partial charge in [0.2, 0.25) is 17.3 Å². The van der Waals surface area contributed by atoms with Gasteiger partial charge in [0.15, 0.2) is 0 Å². The van der Waals surface area contributed by atoms with Gasteiger partial charge in [0.25, 0.3) is 15.9 Å². The molecule has 2 saturated carbocycles. The molecule has 2 amide bonds. The minimum Gasteiger partial charge on any atom is -0.479 e. The van der Waals surface area contributed by atoms with Gasteiger partial charge in [-0.2, -0.15) is 0 Å². The van der Waals surface area contributed by atoms with Crippen molar-refractivity contribution in [2.45, 2.75) is 111 Å². The molecule has 294 valence electrons. The van der Waals surface area contributed by atoms with Crippen LogP contribution in [0.2, 0.25) is 5.02 Å². The molecule has 1 saturated heterocycles. The van der Waals surface area contributed by atoms with E-state index in [9.17, 15) is 32.7 Å². The predicted octanol–water partition coefficient (Wildman–Crippen LogP) is 3.43. The number of carboxylic acids is 1. The van der Waals surface area contributed by atoms with Gasteiger partial charge in [-0.25, -0.2) is 27.7 Å². The summed E-state index contributed by atoms with van der Waals surface area (Å²) < 4.78 is 40.5. The number of carboxylic acid groups (broad SMARTS) is 1. The number of carbonyl (C=O) groups excluding carboxylic acids is 3. The number of nitrogens with two attached hydrogens (primary N) is 1. The molecule has 15 nitrogen and oxygen atoms in total. The van der Waals surface area contributed by atoms with Gasteiger partial charge in [-0.3, -0.25) is 9.59 Å². The van der Waals surface area contributed by atoms with Crippen molar-refractivity contribution >= 4 is 51.1 Å². The van der Waals surface area contributed by atoms with E-state index in [0.717, 1.165) is 38.5 Å². The second-order valence-electron chi connectivity index (χ2n) is 14.2. The van der Waals surface area contributed by atoms with Crippen LogP contribution in [0.1, 0.15) is 77.0 Å². The largest absolute Gasteiger partial charge is 0.479 e. The number of nitrogens with one attached hydrogen (secondary N) is 4. The van der Waals surface area contributed by atoms with Gasteiger partial charge < -0.3 is 36.3 Å². The summed E-state index contributed by atoms with van der Waals surface area (Å²) in [6, 6.07) is 8.80. The third kappa shape index (κ3) is 10.1. The lowest BCUT2D eigenvalue weighted by Gasteiger charge is -2.24. The third-order valence-electron chi connectivity index (χ3n) is 10.2. The number of halogens is 1. The number of unbranched alkanes of at least 4 members (excludes halogenated alkanes) is 4. The first kappa shape index (κ1) is 40.9. The smallest absolute Gasteiger partial charge is 0.338 e. The van der Waals surface area contributed by atoms with Crippen molar-refractivity contribution in [1.82, 2.24) is 20.3 Å². The average molecular weight is 789 g/mol. The predicted molar refractivity (Wildman–Crippen MR) is 200 cm³/mol. The quantitative estimate of drug-likeness (QED) is 0.0490. The van der Waals surface area contributed by atoms with Crippen LogP contribution in [-0.4, -0.2) is 84.7 Å². The van der Waals surface area contributed by atoms with Gasteiger partial charge >= 0.3 is 11.9 Å². The maximum absolute atomic E-state index is 13.6. The topological polar surface area (TPSA) is 228 Å². The van der Waals surface area contributed by atoms with Crippen LogP contribution in [0, 0.1) is 5.92 Å². The number of sulfonamides is 1. The van der Waals surface area contributed by atoms with Crippen LogP contribution in [0.25, 0.3) is 0 Å². The molecular formula is C37H49ClN6O9S. The maximum atomic E-state index is 13.6. The zero-order chi connectivity index (χ0) is 38.9. The van der Waals surface area contributed by atoms with Crippen molar-refractivity contribution in [3.8, 4) is 5.88 Å². The molecule has 0 spiro atoms. The van der Waals surface area contributed by atoms with Crippen molar-refractivity contribution in [2.24, 2.45) is 11.7 Å². The number of rotatable bonds is 20. The second-order valence-corrected chi connectivity index (χ2v) is 16.3. The van der Waals surface area contributed by atoms with E-state index < -0.39 is 56.8 Å². The van der Waals surface area contributed by atoms with Crippen LogP contribution in [0.5, 0.6) is 5.88 Å². The number of para-hydroxylation sites is 1. The number of ether oxygens (including phenoxy) is 2. The maximum Gasteiger partial charge on any atom is 0.338 e. The van der Waals surface area contributed by atoms with E-state index in [4.69, 9.17) is 26.8 Å². The summed E-state index contributed by atoms with van der Waals surface area (Å²) in [5, 5.41) is 19.1. The molecule has 2 heterocycles.